The number of ether oxygens (including phenoxy) is 7. The van der Waals surface area contributed by atoms with Crippen LogP contribution in [0.5, 0.6) is 23.0 Å². The average molecular weight is 1730 g/mol. The number of Topliss-reactive ketones (excluding diaryl/α,β-unsaturated/α-hetero) is 2. The number of thiazole rings is 2. The van der Waals surface area contributed by atoms with Gasteiger partial charge in [-0.05, 0) is 140 Å². The van der Waals surface area contributed by atoms with E-state index in [0.29, 0.717) is 136 Å². The second-order valence-corrected chi connectivity index (χ2v) is 41.3. The molecule has 33 heteroatoms. The summed E-state index contributed by atoms with van der Waals surface area (Å²) in [6.45, 7) is 33.0. The molecule has 642 valence electrons. The van der Waals surface area contributed by atoms with Crippen LogP contribution in [0, 0.1) is 41.4 Å². The summed E-state index contributed by atoms with van der Waals surface area (Å²) in [5.74, 6) is -1.91. The number of rotatable bonds is 30. The molecule has 28 nitrogen and oxygen atoms in total. The third-order valence-corrected chi connectivity index (χ3v) is 30.8. The van der Waals surface area contributed by atoms with Gasteiger partial charge < -0.3 is 43.0 Å². The Kier molecular flexibility index (Phi) is 25.1. The van der Waals surface area contributed by atoms with Crippen molar-refractivity contribution in [2.24, 2.45) is 34.5 Å². The standard InChI is InChI=1S/C43H54ClN5O9S2.C43H55N5O9S2/c1-6-26-21-43(26,42(52)47-60(53,54)27-7-8-27)22-34(50)33-20-37(32-11-9-28(25(4)55-5)41(51)49(32)33)58-36-19-30(40-46-31(23-59-40)24(2)3)45-39-29(36)10-12-35(38(39)44)57-18-15-48-13-16-56-17-14-48;1-11-25-18-43(25,40(51)46-59(53,54)26-12-13-26)19-32(49)30-17-35(31-20-47(41(52)57-42(7,8)9)37(23(4)5)39(50)48(30)31)56-34-16-28(38-45-29(21-58-38)22(2)3)44-36-24(6)33(55-10)15-14-27(34)36/h6,10,12,19,23-28,32-33,37H,1,7-9,11,13-18,20-22H2,2-5H3,(H,47,52);11,14-16,21-23,25-26,30-31,35,37H,1,12-13,17-20H2,2-10H3,(H,46,51)/t25-,26+,28+,32+,33-,37+,43+;25-,30+,31-,35-,37-,43-/m01/s1. The van der Waals surface area contributed by atoms with Crippen LogP contribution in [0.25, 0.3) is 43.2 Å². The minimum Gasteiger partial charge on any atom is -0.496 e. The lowest BCUT2D eigenvalue weighted by Crippen LogP contribution is -2.66. The number of piperazine rings is 1. The van der Waals surface area contributed by atoms with E-state index in [4.69, 9.17) is 64.7 Å². The number of methoxy groups -OCH3 is 2. The number of morpholine rings is 1. The number of benzene rings is 2. The molecule has 0 radical (unpaired) electrons. The van der Waals surface area contributed by atoms with E-state index in [0.717, 1.165) is 36.6 Å². The lowest BCUT2D eigenvalue weighted by atomic mass is 9.87. The highest BCUT2D eigenvalue weighted by molar-refractivity contribution is 7.91. The molecule has 6 aromatic rings. The van der Waals surface area contributed by atoms with Crippen LogP contribution in [0.1, 0.15) is 175 Å². The Bertz CT molecular complexity index is 5210. The predicted molar refractivity (Wildman–Crippen MR) is 451 cm³/mol. The van der Waals surface area contributed by atoms with E-state index in [-0.39, 0.29) is 80.1 Å². The van der Waals surface area contributed by atoms with Gasteiger partial charge in [-0.15, -0.1) is 35.8 Å². The molecule has 0 spiro atoms. The van der Waals surface area contributed by atoms with Crippen molar-refractivity contribution in [1.82, 2.24) is 49.0 Å². The molecule has 13 atom stereocenters. The van der Waals surface area contributed by atoms with E-state index in [9.17, 15) is 50.4 Å². The van der Waals surface area contributed by atoms with Crippen molar-refractivity contribution >= 4 is 117 Å². The minimum absolute atomic E-state index is 0.0193. The zero-order chi connectivity index (χ0) is 85.4. The van der Waals surface area contributed by atoms with E-state index in [2.05, 4.69) is 55.2 Å². The molecule has 4 aromatic heterocycles. The number of carbonyl (C=O) groups is 7. The van der Waals surface area contributed by atoms with Gasteiger partial charge in [-0.2, -0.15) is 0 Å². The maximum absolute atomic E-state index is 14.8. The number of halogens is 1. The number of sulfonamides is 2. The maximum atomic E-state index is 14.8. The molecule has 2 N–H and O–H groups in total. The molecule has 5 saturated heterocycles. The monoisotopic (exact) mass is 1730 g/mol. The van der Waals surface area contributed by atoms with Gasteiger partial charge in [0.25, 0.3) is 0 Å². The third-order valence-electron chi connectivity index (χ3n) is 25.0. The molecule has 119 heavy (non-hydrogen) atoms. The fraction of sp³-hybridized carbons (Fsp3) is 0.593. The van der Waals surface area contributed by atoms with Gasteiger partial charge in [0.15, 0.2) is 11.6 Å². The number of piperidine rings is 1. The topological polar surface area (TPSA) is 341 Å². The Labute approximate surface area is 708 Å². The first-order valence-electron chi connectivity index (χ1n) is 41.3. The molecular formula is C86H109ClN10O18S4. The quantitative estimate of drug-likeness (QED) is 0.0396. The lowest BCUT2D eigenvalue weighted by molar-refractivity contribution is -0.152. The number of hydrogen-bond donors (Lipinski definition) is 2. The van der Waals surface area contributed by atoms with Crippen LogP contribution >= 0.6 is 34.3 Å². The van der Waals surface area contributed by atoms with Crippen LogP contribution in [0.4, 0.5) is 4.79 Å². The largest absolute Gasteiger partial charge is 0.496 e. The smallest absolute Gasteiger partial charge is 0.411 e. The summed E-state index contributed by atoms with van der Waals surface area (Å²) >= 11 is 10.1. The van der Waals surface area contributed by atoms with Crippen LogP contribution in [0.2, 0.25) is 5.02 Å². The highest BCUT2D eigenvalue weighted by Crippen LogP contribution is 2.59. The summed E-state index contributed by atoms with van der Waals surface area (Å²) in [6.07, 6.45) is 4.01. The van der Waals surface area contributed by atoms with Gasteiger partial charge >= 0.3 is 6.09 Å². The van der Waals surface area contributed by atoms with Gasteiger partial charge in [0, 0.05) is 98.2 Å². The molecule has 9 heterocycles. The van der Waals surface area contributed by atoms with Gasteiger partial charge in [0.05, 0.1) is 100 Å². The molecule has 5 amide bonds. The molecule has 0 bridgehead atoms. The fourth-order valence-corrected chi connectivity index (χ4v) is 22.5. The number of nitrogens with one attached hydrogen (secondary N) is 2. The highest BCUT2D eigenvalue weighted by atomic mass is 35.5. The summed E-state index contributed by atoms with van der Waals surface area (Å²) in [5, 5.41) is 5.84. The Hall–Kier alpha value is -8.24. The number of aromatic nitrogens is 4. The van der Waals surface area contributed by atoms with Gasteiger partial charge in [0.1, 0.15) is 79.9 Å². The Balaban J connectivity index is 0.000000195. The Morgan fingerprint density at radius 1 is 0.672 bits per heavy atom. The number of nitrogens with zero attached hydrogens (tertiary/aromatic N) is 8. The summed E-state index contributed by atoms with van der Waals surface area (Å²) < 4.78 is 98.6. The highest BCUT2D eigenvalue weighted by Gasteiger charge is 2.65. The van der Waals surface area contributed by atoms with Gasteiger partial charge in [-0.3, -0.25) is 48.0 Å². The number of amides is 5. The summed E-state index contributed by atoms with van der Waals surface area (Å²) in [5.41, 5.74) is 1.49. The number of aryl methyl sites for hydroxylation is 1. The van der Waals surface area contributed by atoms with E-state index >= 15 is 0 Å². The van der Waals surface area contributed by atoms with Crippen molar-refractivity contribution in [2.45, 2.75) is 230 Å². The molecule has 15 rings (SSSR count). The number of hydrogen-bond acceptors (Lipinski definition) is 25. The molecule has 2 aromatic carbocycles. The fourth-order valence-electron chi connectivity index (χ4n) is 17.5. The second-order valence-electron chi connectivity index (χ2n) is 35.3. The Morgan fingerprint density at radius 3 is 1.63 bits per heavy atom. The van der Waals surface area contributed by atoms with Crippen LogP contribution in [-0.2, 0) is 63.0 Å². The first-order chi connectivity index (χ1) is 56.4. The molecule has 4 saturated carbocycles. The van der Waals surface area contributed by atoms with E-state index in [1.54, 1.807) is 56.9 Å². The van der Waals surface area contributed by atoms with Crippen LogP contribution in [0.3, 0.4) is 0 Å². The zero-order valence-corrected chi connectivity index (χ0v) is 73.8. The molecule has 0 unspecified atom stereocenters. The third kappa shape index (κ3) is 17.8. The average Bonchev–Trinajstić information content (AvgIpc) is 1.57. The van der Waals surface area contributed by atoms with Gasteiger partial charge in [0.2, 0.25) is 43.7 Å². The van der Waals surface area contributed by atoms with Crippen molar-refractivity contribution in [1.29, 1.82) is 0 Å². The first kappa shape index (κ1) is 87.1. The number of fused-ring (bicyclic) bond motifs is 4. The summed E-state index contributed by atoms with van der Waals surface area (Å²) in [7, 11) is -4.57. The number of pyridine rings is 2. The van der Waals surface area contributed by atoms with Crippen molar-refractivity contribution in [3.05, 3.63) is 94.4 Å². The maximum Gasteiger partial charge on any atom is 0.411 e. The van der Waals surface area contributed by atoms with Gasteiger partial charge in [-0.1, -0.05) is 65.3 Å². The van der Waals surface area contributed by atoms with Crippen molar-refractivity contribution < 1.29 is 83.6 Å². The van der Waals surface area contributed by atoms with Crippen molar-refractivity contribution in [2.75, 3.05) is 60.2 Å². The van der Waals surface area contributed by atoms with Crippen LogP contribution in [-0.4, -0.2) is 223 Å². The number of ketones is 2. The van der Waals surface area contributed by atoms with E-state index in [1.807, 2.05) is 74.9 Å². The molecule has 9 fully saturated rings. The second kappa shape index (κ2) is 34.2. The summed E-state index contributed by atoms with van der Waals surface area (Å²) in [6, 6.07) is 6.92. The predicted octanol–water partition coefficient (Wildman–Crippen LogP) is 12.3. The lowest BCUT2D eigenvalue weighted by Gasteiger charge is -2.46. The van der Waals surface area contributed by atoms with Crippen molar-refractivity contribution in [3.63, 3.8) is 0 Å². The Morgan fingerprint density at radius 2 is 1.17 bits per heavy atom. The van der Waals surface area contributed by atoms with Crippen LogP contribution in [0.15, 0.2) is 72.5 Å². The van der Waals surface area contributed by atoms with E-state index < -0.39 is 131 Å². The van der Waals surface area contributed by atoms with Crippen LogP contribution < -0.4 is 28.4 Å². The van der Waals surface area contributed by atoms with E-state index in [1.165, 1.54) is 27.6 Å². The summed E-state index contributed by atoms with van der Waals surface area (Å²) in [4.78, 5) is 127. The molecule has 5 aliphatic heterocycles. The first-order valence-corrected chi connectivity index (χ1v) is 46.6. The zero-order valence-electron chi connectivity index (χ0n) is 69.8. The number of carbonyl (C=O) groups excluding carboxylic acids is 7. The SMILES string of the molecule is C=C[C@@H]1C[C@]1(CC(=O)[C@@H]1C[C@@H](Oc2cc(-c3nc(C(C)C)cs3)nc3c(C)c(OC)ccc23)[C@H]2CN(C(=O)OC(C)(C)C)[C@H](C(C)C)C(=O)N21)C(=O)NS(=O)(=O)C1CC1.C=C[C@@H]1C[C@]1(CC(=O)[C@@H]1C[C@@H](Oc2cc(-c3nc(C(C)C)cs3)nc3c(Cl)c(OCCN4CCOCC4)ccc23)[C@H]2CC[C@H]([C@H](C)OC)C(=O)N21)C(=O)NS(=O)(=O)C1CC1. The number of allylic oxidation sites excluding steroid dienone is 2. The molecule has 9 aliphatic rings. The normalized spacial score (nSPS) is 26.5. The van der Waals surface area contributed by atoms with Crippen molar-refractivity contribution in [3.8, 4) is 44.4 Å². The minimum atomic E-state index is -3.88. The van der Waals surface area contributed by atoms with Gasteiger partial charge in [-0.25, -0.2) is 41.6 Å². The molecule has 4 aliphatic carbocycles. The molecular weight excluding hydrogens is 1620 g/mol.